The van der Waals surface area contributed by atoms with Gasteiger partial charge in [-0.05, 0) is 75.8 Å². The maximum absolute atomic E-state index is 14.2. The lowest BCUT2D eigenvalue weighted by Crippen LogP contribution is -2.55. The van der Waals surface area contributed by atoms with E-state index in [2.05, 4.69) is 10.6 Å². The molecule has 38 heavy (non-hydrogen) atoms. The van der Waals surface area contributed by atoms with E-state index >= 15 is 0 Å². The summed E-state index contributed by atoms with van der Waals surface area (Å²) in [6.45, 7) is 10.9. The molecule has 206 valence electrons. The number of ether oxygens (including phenoxy) is 1. The molecule has 1 fully saturated rings. The Hall–Kier alpha value is -3.26. The van der Waals surface area contributed by atoms with E-state index in [0.29, 0.717) is 22.7 Å². The average molecular weight is 544 g/mol. The number of phenols is 1. The number of rotatable bonds is 9. The SMILES string of the molecule is CCC(C)C(NC(=O)OC(C)(C)C)C(=O)N(C1CC1)C(C(=O)Nc1c(C)cccc1Cl)c1cccc(O)c1. The van der Waals surface area contributed by atoms with E-state index in [4.69, 9.17) is 16.3 Å². The monoisotopic (exact) mass is 543 g/mol. The summed E-state index contributed by atoms with van der Waals surface area (Å²) < 4.78 is 5.43. The number of halogens is 1. The first-order valence-electron chi connectivity index (χ1n) is 13.0. The van der Waals surface area contributed by atoms with Crippen molar-refractivity contribution in [1.29, 1.82) is 0 Å². The molecule has 0 heterocycles. The van der Waals surface area contributed by atoms with Crippen LogP contribution in [0.25, 0.3) is 0 Å². The van der Waals surface area contributed by atoms with Crippen LogP contribution in [-0.4, -0.2) is 45.6 Å². The fraction of sp³-hybridized carbons (Fsp3) is 0.483. The maximum Gasteiger partial charge on any atom is 0.408 e. The number of carbonyl (C=O) groups is 3. The van der Waals surface area contributed by atoms with Crippen molar-refractivity contribution >= 4 is 35.2 Å². The predicted molar refractivity (Wildman–Crippen MR) is 148 cm³/mol. The molecule has 0 radical (unpaired) electrons. The second kappa shape index (κ2) is 12.1. The van der Waals surface area contributed by atoms with Gasteiger partial charge in [-0.25, -0.2) is 4.79 Å². The molecule has 0 aliphatic heterocycles. The Morgan fingerprint density at radius 2 is 1.82 bits per heavy atom. The summed E-state index contributed by atoms with van der Waals surface area (Å²) in [4.78, 5) is 42.4. The Bertz CT molecular complexity index is 1150. The molecule has 1 aliphatic rings. The number of alkyl carbamates (subject to hydrolysis) is 1. The Labute approximate surface area is 229 Å². The molecule has 2 aromatic rings. The van der Waals surface area contributed by atoms with Crippen LogP contribution in [0.3, 0.4) is 0 Å². The number of nitrogens with zero attached hydrogens (tertiary/aromatic N) is 1. The topological polar surface area (TPSA) is 108 Å². The number of aromatic hydroxyl groups is 1. The average Bonchev–Trinajstić information content (AvgIpc) is 3.66. The van der Waals surface area contributed by atoms with Crippen molar-refractivity contribution in [1.82, 2.24) is 10.2 Å². The number of anilines is 1. The molecule has 2 aromatic carbocycles. The van der Waals surface area contributed by atoms with Crippen molar-refractivity contribution in [2.24, 2.45) is 5.92 Å². The van der Waals surface area contributed by atoms with Gasteiger partial charge in [-0.2, -0.15) is 0 Å². The molecule has 3 amide bonds. The minimum Gasteiger partial charge on any atom is -0.508 e. The maximum atomic E-state index is 14.2. The van der Waals surface area contributed by atoms with Gasteiger partial charge in [0.2, 0.25) is 5.91 Å². The Morgan fingerprint density at radius 1 is 1.16 bits per heavy atom. The van der Waals surface area contributed by atoms with Crippen LogP contribution in [0.15, 0.2) is 42.5 Å². The van der Waals surface area contributed by atoms with Crippen molar-refractivity contribution in [2.45, 2.75) is 84.5 Å². The minimum absolute atomic E-state index is 0.0252. The molecule has 1 saturated carbocycles. The van der Waals surface area contributed by atoms with Crippen molar-refractivity contribution in [3.05, 3.63) is 58.6 Å². The van der Waals surface area contributed by atoms with E-state index in [0.717, 1.165) is 18.4 Å². The second-order valence-corrected chi connectivity index (χ2v) is 11.3. The van der Waals surface area contributed by atoms with Crippen molar-refractivity contribution in [3.63, 3.8) is 0 Å². The van der Waals surface area contributed by atoms with Gasteiger partial charge < -0.3 is 25.4 Å². The molecule has 1 aliphatic carbocycles. The summed E-state index contributed by atoms with van der Waals surface area (Å²) in [5.41, 5.74) is 0.944. The third kappa shape index (κ3) is 7.40. The van der Waals surface area contributed by atoms with Gasteiger partial charge in [0.1, 0.15) is 23.4 Å². The van der Waals surface area contributed by atoms with Gasteiger partial charge in [0.15, 0.2) is 0 Å². The van der Waals surface area contributed by atoms with E-state index in [1.54, 1.807) is 49.9 Å². The highest BCUT2D eigenvalue weighted by molar-refractivity contribution is 6.34. The second-order valence-electron chi connectivity index (χ2n) is 10.9. The molecule has 0 aromatic heterocycles. The molecule has 8 nitrogen and oxygen atoms in total. The molecule has 3 rings (SSSR count). The van der Waals surface area contributed by atoms with Crippen LogP contribution in [0.2, 0.25) is 5.02 Å². The lowest BCUT2D eigenvalue weighted by atomic mass is 9.95. The number of phenolic OH excluding ortho intramolecular Hbond substituents is 1. The van der Waals surface area contributed by atoms with Crippen LogP contribution in [-0.2, 0) is 14.3 Å². The zero-order valence-corrected chi connectivity index (χ0v) is 23.6. The fourth-order valence-electron chi connectivity index (χ4n) is 4.26. The Morgan fingerprint density at radius 3 is 2.37 bits per heavy atom. The van der Waals surface area contributed by atoms with E-state index in [-0.39, 0.29) is 23.6 Å². The van der Waals surface area contributed by atoms with E-state index in [9.17, 15) is 19.5 Å². The first kappa shape index (κ1) is 29.3. The van der Waals surface area contributed by atoms with Gasteiger partial charge in [0.05, 0.1) is 10.7 Å². The number of para-hydroxylation sites is 1. The minimum atomic E-state index is -1.07. The number of amides is 3. The highest BCUT2D eigenvalue weighted by atomic mass is 35.5. The number of hydrogen-bond donors (Lipinski definition) is 3. The lowest BCUT2D eigenvalue weighted by Gasteiger charge is -2.36. The van der Waals surface area contributed by atoms with Crippen LogP contribution in [0.1, 0.15) is 71.0 Å². The van der Waals surface area contributed by atoms with Crippen LogP contribution in [0.5, 0.6) is 5.75 Å². The van der Waals surface area contributed by atoms with Gasteiger partial charge in [0.25, 0.3) is 5.91 Å². The normalized spacial score (nSPS) is 15.7. The van der Waals surface area contributed by atoms with Gasteiger partial charge in [0, 0.05) is 6.04 Å². The Kier molecular flexibility index (Phi) is 9.31. The predicted octanol–water partition coefficient (Wildman–Crippen LogP) is 5.96. The van der Waals surface area contributed by atoms with Crippen molar-refractivity contribution in [2.75, 3.05) is 5.32 Å². The largest absolute Gasteiger partial charge is 0.508 e. The lowest BCUT2D eigenvalue weighted by molar-refractivity contribution is -0.142. The molecule has 0 saturated heterocycles. The van der Waals surface area contributed by atoms with Gasteiger partial charge in [-0.3, -0.25) is 9.59 Å². The van der Waals surface area contributed by atoms with E-state index < -0.39 is 29.7 Å². The number of aryl methyl sites for hydroxylation is 1. The molecule has 3 unspecified atom stereocenters. The van der Waals surface area contributed by atoms with E-state index in [1.165, 1.54) is 12.1 Å². The summed E-state index contributed by atoms with van der Waals surface area (Å²) in [5, 5.41) is 16.3. The Balaban J connectivity index is 2.03. The molecule has 3 atom stereocenters. The number of nitrogens with one attached hydrogen (secondary N) is 2. The van der Waals surface area contributed by atoms with Crippen LogP contribution >= 0.6 is 11.6 Å². The third-order valence-electron chi connectivity index (χ3n) is 6.53. The smallest absolute Gasteiger partial charge is 0.408 e. The third-order valence-corrected chi connectivity index (χ3v) is 6.84. The zero-order chi connectivity index (χ0) is 28.2. The number of carbonyl (C=O) groups excluding carboxylic acids is 3. The van der Waals surface area contributed by atoms with Crippen molar-refractivity contribution < 1.29 is 24.2 Å². The standard InChI is InChI=1S/C29H38ClN3O5/c1-7-17(2)24(32-28(37)38-29(4,5)6)27(36)33(20-14-15-20)25(19-11-9-12-21(34)16-19)26(35)31-23-18(3)10-8-13-22(23)30/h8-13,16-17,20,24-25,34H,7,14-15H2,1-6H3,(H,31,35)(H,32,37). The van der Waals surface area contributed by atoms with E-state index in [1.807, 2.05) is 26.8 Å². The summed E-state index contributed by atoms with van der Waals surface area (Å²) in [6, 6.07) is 9.45. The van der Waals surface area contributed by atoms with Gasteiger partial charge >= 0.3 is 6.09 Å². The fourth-order valence-corrected chi connectivity index (χ4v) is 4.53. The molecule has 0 bridgehead atoms. The highest BCUT2D eigenvalue weighted by Crippen LogP contribution is 2.38. The molecule has 3 N–H and O–H groups in total. The molecule has 0 spiro atoms. The molecular weight excluding hydrogens is 506 g/mol. The summed E-state index contributed by atoms with van der Waals surface area (Å²) in [6.07, 6.45) is 1.36. The summed E-state index contributed by atoms with van der Waals surface area (Å²) in [7, 11) is 0. The summed E-state index contributed by atoms with van der Waals surface area (Å²) in [5.74, 6) is -1.10. The number of benzene rings is 2. The van der Waals surface area contributed by atoms with Gasteiger partial charge in [-0.1, -0.05) is 56.1 Å². The first-order valence-corrected chi connectivity index (χ1v) is 13.4. The molecular formula is C29H38ClN3O5. The van der Waals surface area contributed by atoms with Crippen molar-refractivity contribution in [3.8, 4) is 5.75 Å². The van der Waals surface area contributed by atoms with Crippen LogP contribution < -0.4 is 10.6 Å². The highest BCUT2D eigenvalue weighted by Gasteiger charge is 2.45. The van der Waals surface area contributed by atoms with Gasteiger partial charge in [-0.15, -0.1) is 0 Å². The quantitative estimate of drug-likeness (QED) is 0.361. The van der Waals surface area contributed by atoms with Crippen LogP contribution in [0, 0.1) is 12.8 Å². The zero-order valence-electron chi connectivity index (χ0n) is 22.9. The van der Waals surface area contributed by atoms with Crippen LogP contribution in [0.4, 0.5) is 10.5 Å². The molecule has 9 heteroatoms. The first-order chi connectivity index (χ1) is 17.8. The number of hydrogen-bond acceptors (Lipinski definition) is 5. The summed E-state index contributed by atoms with van der Waals surface area (Å²) >= 11 is 6.39.